The summed E-state index contributed by atoms with van der Waals surface area (Å²) in [7, 11) is 1.95. The van der Waals surface area contributed by atoms with Gasteiger partial charge in [-0.25, -0.2) is 0 Å². The Bertz CT molecular complexity index is 615. The summed E-state index contributed by atoms with van der Waals surface area (Å²) < 4.78 is 7.71. The van der Waals surface area contributed by atoms with Gasteiger partial charge in [0.25, 0.3) is 0 Å². The summed E-state index contributed by atoms with van der Waals surface area (Å²) >= 11 is 0. The Morgan fingerprint density at radius 3 is 2.90 bits per heavy atom. The van der Waals surface area contributed by atoms with Crippen molar-refractivity contribution in [3.05, 3.63) is 41.1 Å². The Labute approximate surface area is 132 Å². The van der Waals surface area contributed by atoms with Gasteiger partial charge in [0.2, 0.25) is 0 Å². The third-order valence-electron chi connectivity index (χ3n) is 4.05. The molecule has 0 aromatic carbocycles. The molecule has 2 aromatic heterocycles. The minimum Gasteiger partial charge on any atom is -0.466 e. The van der Waals surface area contributed by atoms with Crippen molar-refractivity contribution in [2.24, 2.45) is 12.5 Å². The fraction of sp³-hybridized carbons (Fsp3) is 0.562. The summed E-state index contributed by atoms with van der Waals surface area (Å²) in [5.74, 6) is 2.17. The van der Waals surface area contributed by atoms with Crippen molar-refractivity contribution < 1.29 is 4.42 Å². The fourth-order valence-corrected chi connectivity index (χ4v) is 3.17. The molecule has 5 heteroatoms. The van der Waals surface area contributed by atoms with Gasteiger partial charge in [-0.05, 0) is 24.8 Å². The Balaban J connectivity index is 0.00000161. The smallest absolute Gasteiger partial charge is 0.109 e. The van der Waals surface area contributed by atoms with Crippen molar-refractivity contribution in [1.82, 2.24) is 15.1 Å². The number of hydrogen-bond acceptors (Lipinski definition) is 3. The second kappa shape index (κ2) is 5.85. The van der Waals surface area contributed by atoms with E-state index >= 15 is 0 Å². The quantitative estimate of drug-likeness (QED) is 0.943. The van der Waals surface area contributed by atoms with Crippen LogP contribution >= 0.6 is 12.4 Å². The Morgan fingerprint density at radius 2 is 2.24 bits per heavy atom. The molecule has 1 unspecified atom stereocenters. The third kappa shape index (κ3) is 3.50. The first-order valence-electron chi connectivity index (χ1n) is 7.23. The highest BCUT2D eigenvalue weighted by atomic mass is 35.5. The molecule has 2 heterocycles. The maximum absolute atomic E-state index is 5.87. The second-order valence-corrected chi connectivity index (χ2v) is 6.74. The van der Waals surface area contributed by atoms with Gasteiger partial charge in [-0.1, -0.05) is 13.8 Å². The van der Waals surface area contributed by atoms with Gasteiger partial charge in [0.15, 0.2) is 0 Å². The average molecular weight is 310 g/mol. The molecule has 1 aliphatic rings. The summed E-state index contributed by atoms with van der Waals surface area (Å²) in [5, 5.41) is 7.88. The van der Waals surface area contributed by atoms with E-state index < -0.39 is 0 Å². The zero-order valence-electron chi connectivity index (χ0n) is 13.1. The number of rotatable bonds is 3. The van der Waals surface area contributed by atoms with Crippen molar-refractivity contribution >= 4 is 12.4 Å². The van der Waals surface area contributed by atoms with E-state index in [4.69, 9.17) is 4.42 Å². The third-order valence-corrected chi connectivity index (χ3v) is 4.05. The maximum atomic E-state index is 5.87. The molecule has 116 valence electrons. The molecule has 1 atom stereocenters. The van der Waals surface area contributed by atoms with Gasteiger partial charge in [0, 0.05) is 43.4 Å². The number of furan rings is 1. The molecule has 2 aromatic rings. The van der Waals surface area contributed by atoms with Crippen molar-refractivity contribution in [1.29, 1.82) is 0 Å². The average Bonchev–Trinajstić information content (AvgIpc) is 2.90. The zero-order valence-corrected chi connectivity index (χ0v) is 14.0. The van der Waals surface area contributed by atoms with E-state index in [1.807, 2.05) is 24.9 Å². The lowest BCUT2D eigenvalue weighted by atomic mass is 9.74. The van der Waals surface area contributed by atoms with E-state index in [9.17, 15) is 0 Å². The molecule has 0 fully saturated rings. The van der Waals surface area contributed by atoms with Gasteiger partial charge in [0.05, 0.1) is 6.20 Å². The molecule has 3 rings (SSSR count). The summed E-state index contributed by atoms with van der Waals surface area (Å²) in [4.78, 5) is 0. The Morgan fingerprint density at radius 1 is 1.48 bits per heavy atom. The lowest BCUT2D eigenvalue weighted by Gasteiger charge is -2.34. The maximum Gasteiger partial charge on any atom is 0.109 e. The largest absolute Gasteiger partial charge is 0.466 e. The van der Waals surface area contributed by atoms with Crippen LogP contribution in [-0.4, -0.2) is 9.78 Å². The molecule has 0 aliphatic heterocycles. The standard InChI is InChI=1S/C16H23N3O.ClH/c1-11-5-13-14(6-16(2,3)7-15(13)20-11)17-8-12-9-18-19(4)10-12;/h5,9-10,14,17H,6-8H2,1-4H3;1H. The van der Waals surface area contributed by atoms with Crippen LogP contribution in [0, 0.1) is 12.3 Å². The van der Waals surface area contributed by atoms with Gasteiger partial charge >= 0.3 is 0 Å². The molecular formula is C16H24ClN3O. The van der Waals surface area contributed by atoms with Crippen LogP contribution in [0.3, 0.4) is 0 Å². The van der Waals surface area contributed by atoms with Gasteiger partial charge in [-0.2, -0.15) is 5.10 Å². The molecule has 0 saturated carbocycles. The Kier molecular flexibility index (Phi) is 4.49. The lowest BCUT2D eigenvalue weighted by molar-refractivity contribution is 0.233. The molecule has 4 nitrogen and oxygen atoms in total. The number of nitrogens with one attached hydrogen (secondary N) is 1. The van der Waals surface area contributed by atoms with Gasteiger partial charge in [0.1, 0.15) is 11.5 Å². The van der Waals surface area contributed by atoms with E-state index in [-0.39, 0.29) is 17.8 Å². The van der Waals surface area contributed by atoms with Crippen LogP contribution in [0.4, 0.5) is 0 Å². The number of aromatic nitrogens is 2. The highest BCUT2D eigenvalue weighted by molar-refractivity contribution is 5.85. The summed E-state index contributed by atoms with van der Waals surface area (Å²) in [5.41, 5.74) is 2.84. The van der Waals surface area contributed by atoms with Crippen molar-refractivity contribution in [2.75, 3.05) is 0 Å². The molecule has 0 spiro atoms. The normalized spacial score (nSPS) is 19.9. The fourth-order valence-electron chi connectivity index (χ4n) is 3.17. The molecule has 1 N–H and O–H groups in total. The summed E-state index contributed by atoms with van der Waals surface area (Å²) in [6.45, 7) is 7.50. The Hall–Kier alpha value is -1.26. The molecule has 21 heavy (non-hydrogen) atoms. The highest BCUT2D eigenvalue weighted by Gasteiger charge is 2.34. The molecule has 0 amide bonds. The van der Waals surface area contributed by atoms with Gasteiger partial charge in [-0.15, -0.1) is 12.4 Å². The summed E-state index contributed by atoms with van der Waals surface area (Å²) in [6, 6.07) is 2.55. The first-order valence-corrected chi connectivity index (χ1v) is 7.23. The van der Waals surface area contributed by atoms with Crippen LogP contribution in [0.25, 0.3) is 0 Å². The SMILES string of the molecule is Cc1cc2c(o1)CC(C)(C)CC2NCc1cnn(C)c1.Cl. The van der Waals surface area contributed by atoms with E-state index in [0.29, 0.717) is 6.04 Å². The van der Waals surface area contributed by atoms with Gasteiger partial charge < -0.3 is 9.73 Å². The van der Waals surface area contributed by atoms with E-state index in [2.05, 4.69) is 36.5 Å². The van der Waals surface area contributed by atoms with Crippen LogP contribution in [0.5, 0.6) is 0 Å². The zero-order chi connectivity index (χ0) is 14.3. The first kappa shape index (κ1) is 16.1. The van der Waals surface area contributed by atoms with Crippen LogP contribution in [0.2, 0.25) is 0 Å². The van der Waals surface area contributed by atoms with E-state index in [0.717, 1.165) is 30.9 Å². The monoisotopic (exact) mass is 309 g/mol. The minimum atomic E-state index is 0. The molecular weight excluding hydrogens is 286 g/mol. The van der Waals surface area contributed by atoms with Crippen molar-refractivity contribution in [3.8, 4) is 0 Å². The van der Waals surface area contributed by atoms with Crippen molar-refractivity contribution in [3.63, 3.8) is 0 Å². The number of fused-ring (bicyclic) bond motifs is 1. The number of aryl methyl sites for hydroxylation is 2. The number of halogens is 1. The molecule has 0 saturated heterocycles. The van der Waals surface area contributed by atoms with Crippen LogP contribution < -0.4 is 5.32 Å². The molecule has 1 aliphatic carbocycles. The van der Waals surface area contributed by atoms with E-state index in [1.165, 1.54) is 11.1 Å². The number of nitrogens with zero attached hydrogens (tertiary/aromatic N) is 2. The van der Waals surface area contributed by atoms with Crippen LogP contribution in [0.1, 0.15) is 49.0 Å². The van der Waals surface area contributed by atoms with Crippen LogP contribution in [0.15, 0.2) is 22.9 Å². The van der Waals surface area contributed by atoms with Gasteiger partial charge in [-0.3, -0.25) is 4.68 Å². The first-order chi connectivity index (χ1) is 9.43. The predicted octanol–water partition coefficient (Wildman–Crippen LogP) is 3.55. The predicted molar refractivity (Wildman–Crippen MR) is 85.6 cm³/mol. The summed E-state index contributed by atoms with van der Waals surface area (Å²) in [6.07, 6.45) is 6.14. The topological polar surface area (TPSA) is 43.0 Å². The second-order valence-electron chi connectivity index (χ2n) is 6.74. The number of hydrogen-bond donors (Lipinski definition) is 1. The van der Waals surface area contributed by atoms with Crippen LogP contribution in [-0.2, 0) is 20.0 Å². The molecule has 0 radical (unpaired) electrons. The lowest BCUT2D eigenvalue weighted by Crippen LogP contribution is -2.32. The minimum absolute atomic E-state index is 0. The highest BCUT2D eigenvalue weighted by Crippen LogP contribution is 2.42. The van der Waals surface area contributed by atoms with Crippen molar-refractivity contribution in [2.45, 2.75) is 46.2 Å². The molecule has 0 bridgehead atoms. The van der Waals surface area contributed by atoms with E-state index in [1.54, 1.807) is 0 Å².